The molecule has 0 fully saturated rings. The number of methoxy groups -OCH3 is 1. The molecule has 17 heavy (non-hydrogen) atoms. The van der Waals surface area contributed by atoms with Crippen LogP contribution in [0.3, 0.4) is 0 Å². The number of oxime groups is 1. The Morgan fingerprint density at radius 2 is 2.12 bits per heavy atom. The number of rotatable bonds is 3. The molecule has 0 N–H and O–H groups in total. The molecule has 1 aromatic rings. The standard InChI is InChI=1S/C12H12N2O3/c1-8(2)14-17-11-6-9(12(15)16-3)4-5-10(11)7-13/h4-6H,1-3H3. The molecule has 0 saturated heterocycles. The summed E-state index contributed by atoms with van der Waals surface area (Å²) >= 11 is 0. The summed E-state index contributed by atoms with van der Waals surface area (Å²) < 4.78 is 4.58. The van der Waals surface area contributed by atoms with Crippen molar-refractivity contribution in [2.24, 2.45) is 5.16 Å². The first-order valence-electron chi connectivity index (χ1n) is 4.89. The van der Waals surface area contributed by atoms with Crippen molar-refractivity contribution in [2.45, 2.75) is 13.8 Å². The maximum Gasteiger partial charge on any atom is 0.337 e. The third-order valence-corrected chi connectivity index (χ3v) is 1.85. The Labute approximate surface area is 99.3 Å². The van der Waals surface area contributed by atoms with Gasteiger partial charge in [0.25, 0.3) is 0 Å². The highest BCUT2D eigenvalue weighted by Gasteiger charge is 2.10. The smallest absolute Gasteiger partial charge is 0.337 e. The lowest BCUT2D eigenvalue weighted by molar-refractivity contribution is 0.0600. The van der Waals surface area contributed by atoms with Crippen LogP contribution in [0.25, 0.3) is 0 Å². The van der Waals surface area contributed by atoms with Crippen molar-refractivity contribution in [2.75, 3.05) is 7.11 Å². The molecule has 0 unspecified atom stereocenters. The van der Waals surface area contributed by atoms with Gasteiger partial charge >= 0.3 is 5.97 Å². The molecule has 0 saturated carbocycles. The second-order valence-corrected chi connectivity index (χ2v) is 3.44. The summed E-state index contributed by atoms with van der Waals surface area (Å²) in [5, 5.41) is 12.6. The summed E-state index contributed by atoms with van der Waals surface area (Å²) in [5.74, 6) is -0.256. The normalized spacial score (nSPS) is 9.06. The van der Waals surface area contributed by atoms with E-state index in [1.54, 1.807) is 13.8 Å². The number of nitrogens with zero attached hydrogens (tertiary/aromatic N) is 2. The average Bonchev–Trinajstić information content (AvgIpc) is 2.34. The van der Waals surface area contributed by atoms with Crippen LogP contribution in [0.2, 0.25) is 0 Å². The second-order valence-electron chi connectivity index (χ2n) is 3.44. The zero-order chi connectivity index (χ0) is 12.8. The summed E-state index contributed by atoms with van der Waals surface area (Å²) in [5.41, 5.74) is 1.32. The largest absolute Gasteiger partial charge is 0.465 e. The average molecular weight is 232 g/mol. The molecule has 0 bridgehead atoms. The number of carbonyl (C=O) groups is 1. The summed E-state index contributed by atoms with van der Waals surface area (Å²) in [7, 11) is 1.29. The first-order valence-corrected chi connectivity index (χ1v) is 4.89. The van der Waals surface area contributed by atoms with Crippen molar-refractivity contribution in [3.8, 4) is 11.8 Å². The highest BCUT2D eigenvalue weighted by atomic mass is 16.6. The highest BCUT2D eigenvalue weighted by molar-refractivity contribution is 5.90. The lowest BCUT2D eigenvalue weighted by Crippen LogP contribution is -2.02. The molecule has 0 heterocycles. The van der Waals surface area contributed by atoms with Gasteiger partial charge in [-0.3, -0.25) is 0 Å². The van der Waals surface area contributed by atoms with Crippen molar-refractivity contribution in [1.29, 1.82) is 5.26 Å². The summed E-state index contributed by atoms with van der Waals surface area (Å²) in [6.45, 7) is 3.52. The Morgan fingerprint density at radius 1 is 1.41 bits per heavy atom. The fourth-order valence-electron chi connectivity index (χ4n) is 1.08. The first-order chi connectivity index (χ1) is 8.08. The number of hydrogen-bond acceptors (Lipinski definition) is 5. The molecule has 0 aliphatic rings. The van der Waals surface area contributed by atoms with E-state index in [0.717, 1.165) is 0 Å². The summed E-state index contributed by atoms with van der Waals surface area (Å²) in [4.78, 5) is 16.4. The number of ether oxygens (including phenoxy) is 1. The van der Waals surface area contributed by atoms with Crippen LogP contribution in [0.15, 0.2) is 23.4 Å². The van der Waals surface area contributed by atoms with Crippen LogP contribution < -0.4 is 4.84 Å². The van der Waals surface area contributed by atoms with E-state index in [2.05, 4.69) is 9.89 Å². The van der Waals surface area contributed by atoms with E-state index in [-0.39, 0.29) is 5.75 Å². The minimum absolute atomic E-state index is 0.233. The van der Waals surface area contributed by atoms with Gasteiger partial charge in [-0.25, -0.2) is 4.79 Å². The van der Waals surface area contributed by atoms with E-state index >= 15 is 0 Å². The molecule has 5 nitrogen and oxygen atoms in total. The Hall–Kier alpha value is -2.35. The first kappa shape index (κ1) is 12.7. The Balaban J connectivity index is 3.12. The minimum atomic E-state index is -0.489. The predicted molar refractivity (Wildman–Crippen MR) is 61.9 cm³/mol. The molecule has 0 aliphatic heterocycles. The SMILES string of the molecule is COC(=O)c1ccc(C#N)c(ON=C(C)C)c1. The van der Waals surface area contributed by atoms with Gasteiger partial charge in [0, 0.05) is 0 Å². The molecule has 0 atom stereocenters. The van der Waals surface area contributed by atoms with E-state index in [4.69, 9.17) is 10.1 Å². The van der Waals surface area contributed by atoms with Crippen LogP contribution >= 0.6 is 0 Å². The predicted octanol–water partition coefficient (Wildman–Crippen LogP) is 2.12. The molecule has 1 rings (SSSR count). The Bertz CT molecular complexity index is 497. The van der Waals surface area contributed by atoms with Gasteiger partial charge in [-0.1, -0.05) is 5.16 Å². The number of benzene rings is 1. The third kappa shape index (κ3) is 3.31. The van der Waals surface area contributed by atoms with Gasteiger partial charge < -0.3 is 9.57 Å². The number of hydrogen-bond donors (Lipinski definition) is 0. The van der Waals surface area contributed by atoms with Gasteiger partial charge in [0.2, 0.25) is 0 Å². The summed E-state index contributed by atoms with van der Waals surface area (Å²) in [6.07, 6.45) is 0. The fraction of sp³-hybridized carbons (Fsp3) is 0.250. The quantitative estimate of drug-likeness (QED) is 0.454. The van der Waals surface area contributed by atoms with E-state index in [1.165, 1.54) is 25.3 Å². The van der Waals surface area contributed by atoms with Crippen LogP contribution in [0.5, 0.6) is 5.75 Å². The third-order valence-electron chi connectivity index (χ3n) is 1.85. The van der Waals surface area contributed by atoms with Crippen LogP contribution in [0, 0.1) is 11.3 Å². The molecule has 0 aromatic heterocycles. The zero-order valence-corrected chi connectivity index (χ0v) is 9.85. The molecule has 0 spiro atoms. The maximum atomic E-state index is 11.3. The van der Waals surface area contributed by atoms with Gasteiger partial charge in [-0.2, -0.15) is 5.26 Å². The molecule has 0 aliphatic carbocycles. The van der Waals surface area contributed by atoms with Crippen molar-refractivity contribution in [3.63, 3.8) is 0 Å². The van der Waals surface area contributed by atoms with Gasteiger partial charge in [0.05, 0.1) is 23.9 Å². The molecule has 0 radical (unpaired) electrons. The number of carbonyl (C=O) groups excluding carboxylic acids is 1. The molecule has 0 amide bonds. The highest BCUT2D eigenvalue weighted by Crippen LogP contribution is 2.20. The molecular weight excluding hydrogens is 220 g/mol. The van der Waals surface area contributed by atoms with Crippen LogP contribution in [0.1, 0.15) is 29.8 Å². The summed E-state index contributed by atoms with van der Waals surface area (Å²) in [6, 6.07) is 6.37. The van der Waals surface area contributed by atoms with Crippen molar-refractivity contribution >= 4 is 11.7 Å². The van der Waals surface area contributed by atoms with Crippen molar-refractivity contribution in [3.05, 3.63) is 29.3 Å². The van der Waals surface area contributed by atoms with Crippen molar-refractivity contribution in [1.82, 2.24) is 0 Å². The molecule has 5 heteroatoms. The lowest BCUT2D eigenvalue weighted by atomic mass is 10.1. The van der Waals surface area contributed by atoms with E-state index in [1.807, 2.05) is 6.07 Å². The van der Waals surface area contributed by atoms with Gasteiger partial charge in [-0.15, -0.1) is 0 Å². The van der Waals surface area contributed by atoms with Crippen LogP contribution in [-0.2, 0) is 4.74 Å². The minimum Gasteiger partial charge on any atom is -0.465 e. The topological polar surface area (TPSA) is 71.7 Å². The Kier molecular flexibility index (Phi) is 4.23. The fourth-order valence-corrected chi connectivity index (χ4v) is 1.08. The van der Waals surface area contributed by atoms with Gasteiger partial charge in [0.15, 0.2) is 5.75 Å². The molecule has 1 aromatic carbocycles. The van der Waals surface area contributed by atoms with E-state index in [9.17, 15) is 4.79 Å². The number of esters is 1. The maximum absolute atomic E-state index is 11.3. The second kappa shape index (κ2) is 5.66. The van der Waals surface area contributed by atoms with E-state index in [0.29, 0.717) is 16.8 Å². The van der Waals surface area contributed by atoms with Crippen LogP contribution in [-0.4, -0.2) is 18.8 Å². The van der Waals surface area contributed by atoms with Gasteiger partial charge in [-0.05, 0) is 32.0 Å². The molecular formula is C12H12N2O3. The van der Waals surface area contributed by atoms with Crippen LogP contribution in [0.4, 0.5) is 0 Å². The monoisotopic (exact) mass is 232 g/mol. The van der Waals surface area contributed by atoms with Crippen molar-refractivity contribution < 1.29 is 14.4 Å². The zero-order valence-electron chi connectivity index (χ0n) is 9.85. The lowest BCUT2D eigenvalue weighted by Gasteiger charge is -2.04. The molecule has 88 valence electrons. The number of nitriles is 1. The Morgan fingerprint density at radius 3 is 2.65 bits per heavy atom. The van der Waals surface area contributed by atoms with E-state index < -0.39 is 5.97 Å². The van der Waals surface area contributed by atoms with Gasteiger partial charge in [0.1, 0.15) is 6.07 Å².